The Balaban J connectivity index is 1.87. The fourth-order valence-corrected chi connectivity index (χ4v) is 1.74. The van der Waals surface area contributed by atoms with Crippen LogP contribution in [-0.2, 0) is 0 Å². The first kappa shape index (κ1) is 14.0. The average Bonchev–Trinajstić information content (AvgIpc) is 2.46. The predicted molar refractivity (Wildman–Crippen MR) is 76.1 cm³/mol. The highest BCUT2D eigenvalue weighted by atomic mass is 19.1. The van der Waals surface area contributed by atoms with Crippen LogP contribution in [0.1, 0.15) is 17.3 Å². The van der Waals surface area contributed by atoms with Crippen LogP contribution in [0.15, 0.2) is 48.8 Å². The number of rotatable bonds is 5. The number of pyridine rings is 1. The summed E-state index contributed by atoms with van der Waals surface area (Å²) in [7, 11) is 0. The van der Waals surface area contributed by atoms with Crippen molar-refractivity contribution in [3.05, 3.63) is 60.2 Å². The Morgan fingerprint density at radius 3 is 2.75 bits per heavy atom. The SMILES string of the molecule is CC(CNc1ccccc1)NC(=O)c1ccncc1F. The Bertz CT molecular complexity index is 574. The third kappa shape index (κ3) is 3.78. The van der Waals surface area contributed by atoms with Crippen LogP contribution < -0.4 is 10.6 Å². The summed E-state index contributed by atoms with van der Waals surface area (Å²) < 4.78 is 13.4. The summed E-state index contributed by atoms with van der Waals surface area (Å²) >= 11 is 0. The summed E-state index contributed by atoms with van der Waals surface area (Å²) in [6, 6.07) is 10.9. The zero-order chi connectivity index (χ0) is 14.4. The van der Waals surface area contributed by atoms with E-state index in [4.69, 9.17) is 0 Å². The van der Waals surface area contributed by atoms with E-state index < -0.39 is 11.7 Å². The van der Waals surface area contributed by atoms with Crippen molar-refractivity contribution >= 4 is 11.6 Å². The number of hydrogen-bond acceptors (Lipinski definition) is 3. The van der Waals surface area contributed by atoms with Gasteiger partial charge in [-0.3, -0.25) is 9.78 Å². The number of hydrogen-bond donors (Lipinski definition) is 2. The third-order valence-corrected chi connectivity index (χ3v) is 2.78. The number of carbonyl (C=O) groups excluding carboxylic acids is 1. The van der Waals surface area contributed by atoms with E-state index in [1.807, 2.05) is 37.3 Å². The molecule has 2 N–H and O–H groups in total. The molecule has 2 aromatic rings. The first-order valence-corrected chi connectivity index (χ1v) is 6.36. The molecule has 1 atom stereocenters. The number of halogens is 1. The van der Waals surface area contributed by atoms with Crippen LogP contribution in [0.3, 0.4) is 0 Å². The van der Waals surface area contributed by atoms with Crippen molar-refractivity contribution in [1.29, 1.82) is 0 Å². The van der Waals surface area contributed by atoms with Crippen molar-refractivity contribution in [3.63, 3.8) is 0 Å². The standard InChI is InChI=1S/C15H16FN3O/c1-11(9-18-12-5-3-2-4-6-12)19-15(20)13-7-8-17-10-14(13)16/h2-8,10-11,18H,9H2,1H3,(H,19,20). The molecule has 0 saturated carbocycles. The summed E-state index contributed by atoms with van der Waals surface area (Å²) in [4.78, 5) is 15.5. The molecule has 0 aliphatic carbocycles. The van der Waals surface area contributed by atoms with Gasteiger partial charge in [0.15, 0.2) is 5.82 Å². The molecule has 0 aliphatic rings. The quantitative estimate of drug-likeness (QED) is 0.879. The number of anilines is 1. The molecule has 0 radical (unpaired) electrons. The normalized spacial score (nSPS) is 11.7. The van der Waals surface area contributed by atoms with Gasteiger partial charge in [-0.2, -0.15) is 0 Å². The van der Waals surface area contributed by atoms with Gasteiger partial charge in [0.05, 0.1) is 11.8 Å². The highest BCUT2D eigenvalue weighted by Gasteiger charge is 2.13. The van der Waals surface area contributed by atoms with Gasteiger partial charge in [0.25, 0.3) is 5.91 Å². The molecular formula is C15H16FN3O. The van der Waals surface area contributed by atoms with Crippen molar-refractivity contribution in [2.45, 2.75) is 13.0 Å². The Kier molecular flexibility index (Phi) is 4.65. The second-order valence-corrected chi connectivity index (χ2v) is 4.48. The highest BCUT2D eigenvalue weighted by Crippen LogP contribution is 2.06. The lowest BCUT2D eigenvalue weighted by Crippen LogP contribution is -2.37. The van der Waals surface area contributed by atoms with Crippen molar-refractivity contribution in [2.24, 2.45) is 0 Å². The van der Waals surface area contributed by atoms with Crippen molar-refractivity contribution in [1.82, 2.24) is 10.3 Å². The number of aromatic nitrogens is 1. The largest absolute Gasteiger partial charge is 0.383 e. The predicted octanol–water partition coefficient (Wildman–Crippen LogP) is 2.45. The lowest BCUT2D eigenvalue weighted by atomic mass is 10.2. The number of para-hydroxylation sites is 1. The van der Waals surface area contributed by atoms with Gasteiger partial charge in [-0.15, -0.1) is 0 Å². The van der Waals surface area contributed by atoms with Crippen molar-refractivity contribution < 1.29 is 9.18 Å². The van der Waals surface area contributed by atoms with E-state index in [1.165, 1.54) is 12.3 Å². The monoisotopic (exact) mass is 273 g/mol. The molecule has 1 heterocycles. The van der Waals surface area contributed by atoms with Crippen LogP contribution >= 0.6 is 0 Å². The van der Waals surface area contributed by atoms with Crippen LogP contribution in [0, 0.1) is 5.82 Å². The van der Waals surface area contributed by atoms with Crippen LogP contribution in [-0.4, -0.2) is 23.5 Å². The molecule has 0 saturated heterocycles. The zero-order valence-corrected chi connectivity index (χ0v) is 11.1. The fraction of sp³-hybridized carbons (Fsp3) is 0.200. The third-order valence-electron chi connectivity index (χ3n) is 2.78. The number of benzene rings is 1. The second-order valence-electron chi connectivity index (χ2n) is 4.48. The molecule has 2 rings (SSSR count). The van der Waals surface area contributed by atoms with E-state index >= 15 is 0 Å². The van der Waals surface area contributed by atoms with Gasteiger partial charge in [0.2, 0.25) is 0 Å². The van der Waals surface area contributed by atoms with E-state index in [9.17, 15) is 9.18 Å². The molecule has 20 heavy (non-hydrogen) atoms. The van der Waals surface area contributed by atoms with Gasteiger partial charge in [-0.1, -0.05) is 18.2 Å². The fourth-order valence-electron chi connectivity index (χ4n) is 1.74. The molecule has 0 bridgehead atoms. The van der Waals surface area contributed by atoms with Gasteiger partial charge in [-0.05, 0) is 25.1 Å². The maximum Gasteiger partial charge on any atom is 0.254 e. The Morgan fingerprint density at radius 1 is 1.30 bits per heavy atom. The lowest BCUT2D eigenvalue weighted by Gasteiger charge is -2.15. The molecule has 1 unspecified atom stereocenters. The number of carbonyl (C=O) groups is 1. The van der Waals surface area contributed by atoms with Gasteiger partial charge in [0, 0.05) is 24.5 Å². The maximum absolute atomic E-state index is 13.4. The topological polar surface area (TPSA) is 54.0 Å². The molecule has 1 aromatic heterocycles. The molecule has 4 nitrogen and oxygen atoms in total. The Hall–Kier alpha value is -2.43. The molecular weight excluding hydrogens is 257 g/mol. The minimum absolute atomic E-state index is 0.00608. The van der Waals surface area contributed by atoms with E-state index in [0.717, 1.165) is 11.9 Å². The van der Waals surface area contributed by atoms with E-state index in [1.54, 1.807) is 0 Å². The number of amides is 1. The van der Waals surface area contributed by atoms with Crippen LogP contribution in [0.2, 0.25) is 0 Å². The van der Waals surface area contributed by atoms with Gasteiger partial charge < -0.3 is 10.6 Å². The Morgan fingerprint density at radius 2 is 2.05 bits per heavy atom. The summed E-state index contributed by atoms with van der Waals surface area (Å²) in [6.45, 7) is 2.41. The maximum atomic E-state index is 13.4. The number of nitrogens with zero attached hydrogens (tertiary/aromatic N) is 1. The molecule has 0 fully saturated rings. The summed E-state index contributed by atoms with van der Waals surface area (Å²) in [6.07, 6.45) is 2.42. The molecule has 104 valence electrons. The smallest absolute Gasteiger partial charge is 0.254 e. The first-order chi connectivity index (χ1) is 9.66. The van der Waals surface area contributed by atoms with Gasteiger partial charge in [0.1, 0.15) is 0 Å². The minimum atomic E-state index is -0.617. The summed E-state index contributed by atoms with van der Waals surface area (Å²) in [5.41, 5.74) is 0.982. The van der Waals surface area contributed by atoms with Crippen LogP contribution in [0.5, 0.6) is 0 Å². The highest BCUT2D eigenvalue weighted by molar-refractivity contribution is 5.94. The first-order valence-electron chi connectivity index (χ1n) is 6.36. The molecule has 0 spiro atoms. The van der Waals surface area contributed by atoms with Crippen molar-refractivity contribution in [3.8, 4) is 0 Å². The van der Waals surface area contributed by atoms with Crippen LogP contribution in [0.4, 0.5) is 10.1 Å². The van der Waals surface area contributed by atoms with E-state index in [-0.39, 0.29) is 11.6 Å². The number of nitrogens with one attached hydrogen (secondary N) is 2. The molecule has 1 aromatic carbocycles. The molecule has 0 aliphatic heterocycles. The van der Waals surface area contributed by atoms with E-state index in [2.05, 4.69) is 15.6 Å². The van der Waals surface area contributed by atoms with Crippen molar-refractivity contribution in [2.75, 3.05) is 11.9 Å². The average molecular weight is 273 g/mol. The molecule has 1 amide bonds. The summed E-state index contributed by atoms with van der Waals surface area (Å²) in [5.74, 6) is -1.06. The van der Waals surface area contributed by atoms with Crippen LogP contribution in [0.25, 0.3) is 0 Å². The second kappa shape index (κ2) is 6.65. The molecule has 5 heteroatoms. The van der Waals surface area contributed by atoms with Gasteiger partial charge in [-0.25, -0.2) is 4.39 Å². The summed E-state index contributed by atoms with van der Waals surface area (Å²) in [5, 5.41) is 5.93. The Labute approximate surface area is 117 Å². The lowest BCUT2D eigenvalue weighted by molar-refractivity contribution is 0.0938. The minimum Gasteiger partial charge on any atom is -0.383 e. The van der Waals surface area contributed by atoms with Gasteiger partial charge >= 0.3 is 0 Å². The van der Waals surface area contributed by atoms with E-state index in [0.29, 0.717) is 6.54 Å². The zero-order valence-electron chi connectivity index (χ0n) is 11.1.